The number of para-hydroxylation sites is 1. The van der Waals surface area contributed by atoms with Crippen LogP contribution in [-0.2, 0) is 6.54 Å². The van der Waals surface area contributed by atoms with Crippen LogP contribution in [0.4, 0.5) is 10.3 Å². The molecule has 1 heterocycles. The number of amides is 1. The molecule has 1 N–H and O–H groups in total. The number of aromatic nitrogens is 3. The van der Waals surface area contributed by atoms with E-state index in [1.165, 1.54) is 31.3 Å². The average molecular weight is 356 g/mol. The summed E-state index contributed by atoms with van der Waals surface area (Å²) in [6.45, 7) is 0.206. The molecule has 0 atom stereocenters. The van der Waals surface area contributed by atoms with Gasteiger partial charge in [0.1, 0.15) is 12.1 Å². The normalized spacial score (nSPS) is 10.4. The van der Waals surface area contributed by atoms with Gasteiger partial charge >= 0.3 is 0 Å². The first-order valence-electron chi connectivity index (χ1n) is 7.77. The fourth-order valence-electron chi connectivity index (χ4n) is 2.46. The fourth-order valence-corrected chi connectivity index (χ4v) is 2.46. The third-order valence-electron chi connectivity index (χ3n) is 3.70. The number of carbonyl (C=O) groups excluding carboxylic acids is 1. The molecule has 0 saturated heterocycles. The van der Waals surface area contributed by atoms with Crippen molar-refractivity contribution in [2.75, 3.05) is 19.5 Å². The summed E-state index contributed by atoms with van der Waals surface area (Å²) >= 11 is 0. The van der Waals surface area contributed by atoms with Crippen LogP contribution >= 0.6 is 0 Å². The number of rotatable bonds is 6. The molecule has 0 aliphatic rings. The van der Waals surface area contributed by atoms with Gasteiger partial charge < -0.3 is 9.47 Å². The predicted molar refractivity (Wildman–Crippen MR) is 93.0 cm³/mol. The van der Waals surface area contributed by atoms with E-state index in [2.05, 4.69) is 15.4 Å². The average Bonchev–Trinajstić information content (AvgIpc) is 3.09. The summed E-state index contributed by atoms with van der Waals surface area (Å²) in [5.74, 6) is 0.104. The van der Waals surface area contributed by atoms with E-state index in [0.717, 1.165) is 0 Å². The summed E-state index contributed by atoms with van der Waals surface area (Å²) in [4.78, 5) is 16.5. The molecule has 3 rings (SSSR count). The first kappa shape index (κ1) is 17.4. The van der Waals surface area contributed by atoms with Crippen LogP contribution < -0.4 is 14.8 Å². The smallest absolute Gasteiger partial charge is 0.261 e. The molecule has 0 aliphatic heterocycles. The molecule has 0 saturated carbocycles. The number of anilines is 1. The van der Waals surface area contributed by atoms with Crippen LogP contribution in [0.5, 0.6) is 11.5 Å². The van der Waals surface area contributed by atoms with E-state index in [4.69, 9.17) is 9.47 Å². The Bertz CT molecular complexity index is 926. The molecule has 1 aromatic heterocycles. The van der Waals surface area contributed by atoms with E-state index in [1.807, 2.05) is 0 Å². The summed E-state index contributed by atoms with van der Waals surface area (Å²) in [5, 5.41) is 6.74. The monoisotopic (exact) mass is 356 g/mol. The zero-order valence-electron chi connectivity index (χ0n) is 14.3. The number of benzene rings is 2. The van der Waals surface area contributed by atoms with E-state index >= 15 is 0 Å². The minimum absolute atomic E-state index is 0.108. The zero-order valence-corrected chi connectivity index (χ0v) is 14.3. The summed E-state index contributed by atoms with van der Waals surface area (Å²) < 4.78 is 25.6. The van der Waals surface area contributed by atoms with Crippen molar-refractivity contribution in [2.24, 2.45) is 0 Å². The van der Waals surface area contributed by atoms with Crippen molar-refractivity contribution in [3.05, 3.63) is 65.7 Å². The van der Waals surface area contributed by atoms with Crippen molar-refractivity contribution in [3.8, 4) is 11.5 Å². The van der Waals surface area contributed by atoms with Gasteiger partial charge in [0.25, 0.3) is 5.91 Å². The van der Waals surface area contributed by atoms with Crippen LogP contribution in [-0.4, -0.2) is 34.9 Å². The minimum Gasteiger partial charge on any atom is -0.493 e. The van der Waals surface area contributed by atoms with Crippen molar-refractivity contribution in [1.82, 2.24) is 14.8 Å². The van der Waals surface area contributed by atoms with Gasteiger partial charge in [-0.25, -0.2) is 14.1 Å². The molecule has 26 heavy (non-hydrogen) atoms. The Hall–Kier alpha value is -3.42. The number of nitrogens with zero attached hydrogens (tertiary/aromatic N) is 3. The summed E-state index contributed by atoms with van der Waals surface area (Å²) in [7, 11) is 2.95. The second kappa shape index (κ2) is 7.64. The molecule has 3 aromatic rings. The molecule has 7 nitrogen and oxygen atoms in total. The molecular weight excluding hydrogens is 339 g/mol. The number of hydrogen-bond donors (Lipinski definition) is 1. The second-order valence-corrected chi connectivity index (χ2v) is 5.35. The highest BCUT2D eigenvalue weighted by Crippen LogP contribution is 2.30. The number of hydrogen-bond acceptors (Lipinski definition) is 5. The topological polar surface area (TPSA) is 78.3 Å². The van der Waals surface area contributed by atoms with Crippen LogP contribution in [0.25, 0.3) is 0 Å². The van der Waals surface area contributed by atoms with Crippen LogP contribution in [0.15, 0.2) is 48.8 Å². The standard InChI is InChI=1S/C18H17FN4O3/c1-25-15-9-5-7-13(16(15)26-2)17(24)21-18-20-11-23(22-18)10-12-6-3-4-8-14(12)19/h3-9,11H,10H2,1-2H3,(H,21,22,24). The first-order chi connectivity index (χ1) is 12.6. The largest absolute Gasteiger partial charge is 0.493 e. The summed E-state index contributed by atoms with van der Waals surface area (Å²) in [6, 6.07) is 11.4. The molecule has 134 valence electrons. The maximum atomic E-state index is 13.7. The van der Waals surface area contributed by atoms with Crippen LogP contribution in [0.1, 0.15) is 15.9 Å². The molecule has 0 unspecified atom stereocenters. The van der Waals surface area contributed by atoms with E-state index in [-0.39, 0.29) is 23.9 Å². The molecule has 8 heteroatoms. The second-order valence-electron chi connectivity index (χ2n) is 5.35. The Labute approximate surface area is 149 Å². The third-order valence-corrected chi connectivity index (χ3v) is 3.70. The molecule has 0 bridgehead atoms. The van der Waals surface area contributed by atoms with Crippen molar-refractivity contribution >= 4 is 11.9 Å². The van der Waals surface area contributed by atoms with Gasteiger partial charge in [0.05, 0.1) is 26.3 Å². The van der Waals surface area contributed by atoms with E-state index in [9.17, 15) is 9.18 Å². The first-order valence-corrected chi connectivity index (χ1v) is 7.77. The predicted octanol–water partition coefficient (Wildman–Crippen LogP) is 2.74. The highest BCUT2D eigenvalue weighted by atomic mass is 19.1. The Morgan fingerprint density at radius 3 is 2.69 bits per heavy atom. The van der Waals surface area contributed by atoms with Gasteiger partial charge in [0, 0.05) is 5.56 Å². The van der Waals surface area contributed by atoms with Gasteiger partial charge in [-0.2, -0.15) is 0 Å². The Kier molecular flexibility index (Phi) is 5.12. The lowest BCUT2D eigenvalue weighted by Crippen LogP contribution is -2.15. The SMILES string of the molecule is COc1cccc(C(=O)Nc2ncn(Cc3ccccc3F)n2)c1OC. The number of ether oxygens (including phenoxy) is 2. The Morgan fingerprint density at radius 2 is 1.96 bits per heavy atom. The summed E-state index contributed by atoms with van der Waals surface area (Å²) in [6.07, 6.45) is 1.42. The number of nitrogens with one attached hydrogen (secondary N) is 1. The van der Waals surface area contributed by atoms with Crippen molar-refractivity contribution in [1.29, 1.82) is 0 Å². The summed E-state index contributed by atoms with van der Waals surface area (Å²) in [5.41, 5.74) is 0.766. The minimum atomic E-state index is -0.440. The Balaban J connectivity index is 1.75. The van der Waals surface area contributed by atoms with Gasteiger partial charge in [-0.05, 0) is 18.2 Å². The van der Waals surface area contributed by atoms with Crippen molar-refractivity contribution in [2.45, 2.75) is 6.54 Å². The van der Waals surface area contributed by atoms with E-state index in [1.54, 1.807) is 36.4 Å². The maximum Gasteiger partial charge on any atom is 0.261 e. The van der Waals surface area contributed by atoms with Crippen LogP contribution in [0.3, 0.4) is 0 Å². The van der Waals surface area contributed by atoms with Crippen molar-refractivity contribution in [3.63, 3.8) is 0 Å². The lowest BCUT2D eigenvalue weighted by atomic mass is 10.1. The molecule has 0 radical (unpaired) electrons. The van der Waals surface area contributed by atoms with Gasteiger partial charge in [-0.3, -0.25) is 10.1 Å². The maximum absolute atomic E-state index is 13.7. The highest BCUT2D eigenvalue weighted by Gasteiger charge is 2.17. The van der Waals surface area contributed by atoms with Gasteiger partial charge in [-0.1, -0.05) is 24.3 Å². The van der Waals surface area contributed by atoms with Crippen LogP contribution in [0.2, 0.25) is 0 Å². The lowest BCUT2D eigenvalue weighted by Gasteiger charge is -2.11. The van der Waals surface area contributed by atoms with Crippen LogP contribution in [0, 0.1) is 5.82 Å². The molecule has 0 aliphatic carbocycles. The molecule has 0 fully saturated rings. The van der Waals surface area contributed by atoms with E-state index < -0.39 is 5.91 Å². The van der Waals surface area contributed by atoms with Crippen molar-refractivity contribution < 1.29 is 18.7 Å². The number of methoxy groups -OCH3 is 2. The molecule has 0 spiro atoms. The third kappa shape index (κ3) is 3.64. The fraction of sp³-hybridized carbons (Fsp3) is 0.167. The van der Waals surface area contributed by atoms with Gasteiger partial charge in [0.15, 0.2) is 11.5 Å². The zero-order chi connectivity index (χ0) is 18.5. The highest BCUT2D eigenvalue weighted by molar-refractivity contribution is 6.05. The molecule has 1 amide bonds. The number of carbonyl (C=O) groups is 1. The number of halogens is 1. The van der Waals surface area contributed by atoms with E-state index in [0.29, 0.717) is 17.1 Å². The molecular formula is C18H17FN4O3. The Morgan fingerprint density at radius 1 is 1.15 bits per heavy atom. The quantitative estimate of drug-likeness (QED) is 0.735. The lowest BCUT2D eigenvalue weighted by molar-refractivity contribution is 0.102. The molecule has 2 aromatic carbocycles. The van der Waals surface area contributed by atoms with Gasteiger partial charge in [-0.15, -0.1) is 5.10 Å². The van der Waals surface area contributed by atoms with Gasteiger partial charge in [0.2, 0.25) is 5.95 Å².